The van der Waals surface area contributed by atoms with Gasteiger partial charge in [0, 0.05) is 22.2 Å². The molecule has 0 atom stereocenters. The van der Waals surface area contributed by atoms with Gasteiger partial charge in [-0.2, -0.15) is 5.26 Å². The minimum Gasteiger partial charge on any atom is -0.397 e. The van der Waals surface area contributed by atoms with E-state index in [1.165, 1.54) is 12.1 Å². The summed E-state index contributed by atoms with van der Waals surface area (Å²) in [5.74, 6) is 0. The van der Waals surface area contributed by atoms with E-state index < -0.39 is 4.92 Å². The second-order valence-electron chi connectivity index (χ2n) is 4.22. The fourth-order valence-electron chi connectivity index (χ4n) is 1.86. The first kappa shape index (κ1) is 14.8. The monoisotopic (exact) mass is 343 g/mol. The van der Waals surface area contributed by atoms with Gasteiger partial charge in [0.2, 0.25) is 0 Å². The van der Waals surface area contributed by atoms with Crippen LogP contribution in [0.1, 0.15) is 11.1 Å². The minimum atomic E-state index is -0.504. The molecule has 0 aromatic heterocycles. The highest BCUT2D eigenvalue weighted by atomic mass is 79.9. The van der Waals surface area contributed by atoms with Crippen molar-refractivity contribution >= 4 is 32.9 Å². The van der Waals surface area contributed by atoms with Crippen molar-refractivity contribution in [3.8, 4) is 6.07 Å². The lowest BCUT2D eigenvalue weighted by atomic mass is 10.0. The molecule has 0 bridgehead atoms. The van der Waals surface area contributed by atoms with E-state index in [0.717, 1.165) is 0 Å². The Morgan fingerprint density at radius 2 is 1.86 bits per heavy atom. The highest BCUT2D eigenvalue weighted by Crippen LogP contribution is 2.28. The molecule has 0 heterocycles. The number of nitriles is 1. The van der Waals surface area contributed by atoms with Gasteiger partial charge in [0.05, 0.1) is 16.2 Å². The van der Waals surface area contributed by atoms with Crippen LogP contribution in [-0.4, -0.2) is 4.92 Å². The summed E-state index contributed by atoms with van der Waals surface area (Å²) in [7, 11) is 0. The number of rotatable bonds is 3. The van der Waals surface area contributed by atoms with E-state index in [2.05, 4.69) is 22.0 Å². The quantitative estimate of drug-likeness (QED) is 0.398. The summed E-state index contributed by atoms with van der Waals surface area (Å²) in [4.78, 5) is 10.4. The predicted molar refractivity (Wildman–Crippen MR) is 83.9 cm³/mol. The van der Waals surface area contributed by atoms with Crippen LogP contribution in [0.3, 0.4) is 0 Å². The fraction of sp³-hybridized carbons (Fsp3) is 0. The van der Waals surface area contributed by atoms with Crippen LogP contribution < -0.4 is 5.73 Å². The minimum absolute atomic E-state index is 0.0901. The molecule has 0 amide bonds. The van der Waals surface area contributed by atoms with Crippen LogP contribution in [-0.2, 0) is 0 Å². The lowest BCUT2D eigenvalue weighted by Crippen LogP contribution is -2.02. The van der Waals surface area contributed by atoms with E-state index in [1.54, 1.807) is 30.3 Å². The molecule has 0 aliphatic heterocycles. The van der Waals surface area contributed by atoms with Crippen molar-refractivity contribution in [1.29, 1.82) is 5.26 Å². The van der Waals surface area contributed by atoms with Crippen LogP contribution in [0.25, 0.3) is 11.3 Å². The van der Waals surface area contributed by atoms with Crippen molar-refractivity contribution in [2.45, 2.75) is 0 Å². The molecule has 0 saturated carbocycles. The lowest BCUT2D eigenvalue weighted by Gasteiger charge is -2.07. The Balaban J connectivity index is 2.61. The molecule has 0 unspecified atom stereocenters. The van der Waals surface area contributed by atoms with Gasteiger partial charge in [-0.15, -0.1) is 0 Å². The number of hydrogen-bond donors (Lipinski definition) is 1. The summed E-state index contributed by atoms with van der Waals surface area (Å²) in [6.07, 6.45) is 0. The van der Waals surface area contributed by atoms with Crippen molar-refractivity contribution in [3.63, 3.8) is 0 Å². The second kappa shape index (κ2) is 6.20. The molecule has 0 fully saturated rings. The molecule has 0 aliphatic carbocycles. The summed E-state index contributed by atoms with van der Waals surface area (Å²) < 4.78 is 0.528. The van der Waals surface area contributed by atoms with Crippen LogP contribution in [0.2, 0.25) is 0 Å². The van der Waals surface area contributed by atoms with Crippen molar-refractivity contribution in [3.05, 3.63) is 74.2 Å². The summed E-state index contributed by atoms with van der Waals surface area (Å²) >= 11 is 3.21. The maximum atomic E-state index is 10.9. The number of nitro benzene ring substituents is 1. The molecule has 0 spiro atoms. The van der Waals surface area contributed by atoms with Gasteiger partial charge in [0.15, 0.2) is 0 Å². The summed E-state index contributed by atoms with van der Waals surface area (Å²) in [6.45, 7) is 0. The molecule has 0 radical (unpaired) electrons. The standard InChI is InChI=1S/C15H10BrN3O2/c16-12-6-11(7-13(8-12)19(20)21)15(18)14(9-17)10-4-2-1-3-5-10/h1-8H,18H2/b15-14-. The van der Waals surface area contributed by atoms with Crippen LogP contribution in [0.15, 0.2) is 53.0 Å². The predicted octanol–water partition coefficient (Wildman–Crippen LogP) is 3.71. The Morgan fingerprint density at radius 1 is 1.19 bits per heavy atom. The van der Waals surface area contributed by atoms with Crippen LogP contribution in [0.5, 0.6) is 0 Å². The zero-order valence-electron chi connectivity index (χ0n) is 10.8. The average Bonchev–Trinajstić information content (AvgIpc) is 2.48. The van der Waals surface area contributed by atoms with Crippen LogP contribution in [0, 0.1) is 21.4 Å². The molecular formula is C15H10BrN3O2. The van der Waals surface area contributed by atoms with E-state index in [-0.39, 0.29) is 17.0 Å². The maximum Gasteiger partial charge on any atom is 0.271 e. The number of benzene rings is 2. The average molecular weight is 344 g/mol. The molecule has 2 aromatic carbocycles. The van der Waals surface area contributed by atoms with Gasteiger partial charge >= 0.3 is 0 Å². The summed E-state index contributed by atoms with van der Waals surface area (Å²) in [6, 6.07) is 15.4. The maximum absolute atomic E-state index is 10.9. The number of hydrogen-bond acceptors (Lipinski definition) is 4. The molecule has 2 aromatic rings. The number of nitrogens with zero attached hydrogens (tertiary/aromatic N) is 2. The smallest absolute Gasteiger partial charge is 0.271 e. The SMILES string of the molecule is N#C/C(=C(/N)c1cc(Br)cc([N+](=O)[O-])c1)c1ccccc1. The lowest BCUT2D eigenvalue weighted by molar-refractivity contribution is -0.384. The second-order valence-corrected chi connectivity index (χ2v) is 5.14. The zero-order chi connectivity index (χ0) is 15.4. The third kappa shape index (κ3) is 3.27. The third-order valence-electron chi connectivity index (χ3n) is 2.85. The number of nitrogens with two attached hydrogens (primary N) is 1. The van der Waals surface area contributed by atoms with Crippen LogP contribution in [0.4, 0.5) is 5.69 Å². The van der Waals surface area contributed by atoms with Gasteiger partial charge in [-0.3, -0.25) is 10.1 Å². The van der Waals surface area contributed by atoms with Gasteiger partial charge in [0.25, 0.3) is 5.69 Å². The number of halogens is 1. The first-order valence-corrected chi connectivity index (χ1v) is 6.73. The molecule has 2 N–H and O–H groups in total. The number of non-ortho nitro benzene ring substituents is 1. The highest BCUT2D eigenvalue weighted by molar-refractivity contribution is 9.10. The van der Waals surface area contributed by atoms with E-state index in [1.807, 2.05) is 6.07 Å². The van der Waals surface area contributed by atoms with Crippen molar-refractivity contribution < 1.29 is 4.92 Å². The topological polar surface area (TPSA) is 93.0 Å². The molecular weight excluding hydrogens is 334 g/mol. The Hall–Kier alpha value is -2.65. The summed E-state index contributed by atoms with van der Waals surface area (Å²) in [5, 5.41) is 20.2. The summed E-state index contributed by atoms with van der Waals surface area (Å²) in [5.41, 5.74) is 7.52. The largest absolute Gasteiger partial charge is 0.397 e. The fourth-order valence-corrected chi connectivity index (χ4v) is 2.35. The molecule has 104 valence electrons. The molecule has 0 aliphatic rings. The number of nitro groups is 1. The first-order valence-electron chi connectivity index (χ1n) is 5.93. The Bertz CT molecular complexity index is 764. The molecule has 0 saturated heterocycles. The van der Waals surface area contributed by atoms with Crippen molar-refractivity contribution in [1.82, 2.24) is 0 Å². The van der Waals surface area contributed by atoms with Gasteiger partial charge < -0.3 is 5.73 Å². The van der Waals surface area contributed by atoms with Gasteiger partial charge in [0.1, 0.15) is 6.07 Å². The van der Waals surface area contributed by atoms with Gasteiger partial charge in [-0.25, -0.2) is 0 Å². The molecule has 6 heteroatoms. The highest BCUT2D eigenvalue weighted by Gasteiger charge is 2.13. The normalized spacial score (nSPS) is 11.4. The third-order valence-corrected chi connectivity index (χ3v) is 3.31. The Kier molecular flexibility index (Phi) is 4.36. The van der Waals surface area contributed by atoms with E-state index >= 15 is 0 Å². The Labute approximate surface area is 129 Å². The zero-order valence-corrected chi connectivity index (χ0v) is 12.4. The van der Waals surface area contributed by atoms with Gasteiger partial charge in [-0.1, -0.05) is 46.3 Å². The first-order chi connectivity index (χ1) is 10.0. The van der Waals surface area contributed by atoms with E-state index in [0.29, 0.717) is 15.6 Å². The van der Waals surface area contributed by atoms with Gasteiger partial charge in [-0.05, 0) is 11.6 Å². The molecule has 5 nitrogen and oxygen atoms in total. The van der Waals surface area contributed by atoms with Crippen molar-refractivity contribution in [2.24, 2.45) is 5.73 Å². The Morgan fingerprint density at radius 3 is 2.43 bits per heavy atom. The molecule has 2 rings (SSSR count). The van der Waals surface area contributed by atoms with E-state index in [4.69, 9.17) is 5.73 Å². The van der Waals surface area contributed by atoms with Crippen LogP contribution >= 0.6 is 15.9 Å². The molecule has 21 heavy (non-hydrogen) atoms. The van der Waals surface area contributed by atoms with Crippen molar-refractivity contribution in [2.75, 3.05) is 0 Å². The van der Waals surface area contributed by atoms with E-state index in [9.17, 15) is 15.4 Å². The number of allylic oxidation sites excluding steroid dienone is 1.